The molecule has 0 radical (unpaired) electrons. The zero-order valence-electron chi connectivity index (χ0n) is 14.9. The number of likely N-dealkylation sites (tertiary alicyclic amines) is 1. The molecule has 0 spiro atoms. The van der Waals surface area contributed by atoms with E-state index in [4.69, 9.17) is 0 Å². The maximum absolute atomic E-state index is 12.6. The van der Waals surface area contributed by atoms with Gasteiger partial charge in [-0.2, -0.15) is 5.26 Å². The normalized spacial score (nSPS) is 23.3. The highest BCUT2D eigenvalue weighted by atomic mass is 16.2. The SMILES string of the molecule is N#CC(C(=O)CCN1C(=O)C2CCCCC2C1=O)c1nc2ccccc2[nH]1. The van der Waals surface area contributed by atoms with E-state index < -0.39 is 5.92 Å². The van der Waals surface area contributed by atoms with Crippen molar-refractivity contribution in [1.29, 1.82) is 5.26 Å². The fourth-order valence-corrected chi connectivity index (χ4v) is 4.21. The van der Waals surface area contributed by atoms with Crippen molar-refractivity contribution in [1.82, 2.24) is 14.9 Å². The number of hydrogen-bond donors (Lipinski definition) is 1. The Labute approximate surface area is 156 Å². The molecule has 1 saturated heterocycles. The standard InChI is InChI=1S/C20H20N4O3/c21-11-14(18-22-15-7-3-4-8-16(15)23-18)17(25)9-10-24-19(26)12-5-1-2-6-13(12)20(24)27/h3-4,7-8,12-14H,1-2,5-6,9-10H2,(H,22,23). The first kappa shape index (κ1) is 17.4. The lowest BCUT2D eigenvalue weighted by Gasteiger charge is -2.19. The molecular formula is C20H20N4O3. The number of nitrogens with one attached hydrogen (secondary N) is 1. The number of nitriles is 1. The summed E-state index contributed by atoms with van der Waals surface area (Å²) >= 11 is 0. The van der Waals surface area contributed by atoms with Gasteiger partial charge in [0.25, 0.3) is 0 Å². The first-order valence-electron chi connectivity index (χ1n) is 9.32. The third-order valence-corrected chi connectivity index (χ3v) is 5.65. The number of para-hydroxylation sites is 2. The molecule has 2 aliphatic rings. The van der Waals surface area contributed by atoms with Crippen LogP contribution >= 0.6 is 0 Å². The van der Waals surface area contributed by atoms with Gasteiger partial charge in [-0.25, -0.2) is 4.98 Å². The predicted octanol–water partition coefficient (Wildman–Crippen LogP) is 2.30. The van der Waals surface area contributed by atoms with E-state index in [1.54, 1.807) is 6.07 Å². The van der Waals surface area contributed by atoms with Gasteiger partial charge in [0.15, 0.2) is 11.7 Å². The van der Waals surface area contributed by atoms with E-state index >= 15 is 0 Å². The molecule has 1 aliphatic carbocycles. The number of ketones is 1. The van der Waals surface area contributed by atoms with Gasteiger partial charge in [-0.05, 0) is 25.0 Å². The molecule has 2 heterocycles. The zero-order chi connectivity index (χ0) is 19.0. The number of fused-ring (bicyclic) bond motifs is 2. The van der Waals surface area contributed by atoms with E-state index in [-0.39, 0.29) is 42.4 Å². The monoisotopic (exact) mass is 364 g/mol. The lowest BCUT2D eigenvalue weighted by Crippen LogP contribution is -2.33. The van der Waals surface area contributed by atoms with Crippen LogP contribution in [0.1, 0.15) is 43.8 Å². The Balaban J connectivity index is 1.46. The minimum Gasteiger partial charge on any atom is -0.340 e. The van der Waals surface area contributed by atoms with E-state index in [2.05, 4.69) is 9.97 Å². The average Bonchev–Trinajstić information content (AvgIpc) is 3.21. The summed E-state index contributed by atoms with van der Waals surface area (Å²) in [6.07, 6.45) is 3.40. The summed E-state index contributed by atoms with van der Waals surface area (Å²) in [5.41, 5.74) is 1.45. The average molecular weight is 364 g/mol. The third kappa shape index (κ3) is 3.01. The molecule has 138 valence electrons. The second-order valence-corrected chi connectivity index (χ2v) is 7.24. The number of carbonyl (C=O) groups is 3. The second kappa shape index (κ2) is 6.95. The van der Waals surface area contributed by atoms with Gasteiger partial charge < -0.3 is 4.98 Å². The maximum Gasteiger partial charge on any atom is 0.233 e. The molecule has 2 amide bonds. The van der Waals surface area contributed by atoms with Gasteiger partial charge in [0.2, 0.25) is 11.8 Å². The number of nitrogens with zero attached hydrogens (tertiary/aromatic N) is 3. The number of H-pyrrole nitrogens is 1. The van der Waals surface area contributed by atoms with Gasteiger partial charge in [0, 0.05) is 13.0 Å². The lowest BCUT2D eigenvalue weighted by molar-refractivity contribution is -0.140. The summed E-state index contributed by atoms with van der Waals surface area (Å²) in [7, 11) is 0. The molecule has 1 aliphatic heterocycles. The number of hydrogen-bond acceptors (Lipinski definition) is 5. The first-order chi connectivity index (χ1) is 13.1. The molecule has 2 fully saturated rings. The van der Waals surface area contributed by atoms with Gasteiger partial charge in [-0.3, -0.25) is 19.3 Å². The highest BCUT2D eigenvalue weighted by Crippen LogP contribution is 2.38. The summed E-state index contributed by atoms with van der Waals surface area (Å²) in [6, 6.07) is 9.30. The third-order valence-electron chi connectivity index (χ3n) is 5.65. The summed E-state index contributed by atoms with van der Waals surface area (Å²) in [5.74, 6) is -1.83. The molecule has 4 rings (SSSR count). The van der Waals surface area contributed by atoms with Crippen molar-refractivity contribution in [2.75, 3.05) is 6.54 Å². The van der Waals surface area contributed by atoms with Crippen LogP contribution in [0.25, 0.3) is 11.0 Å². The largest absolute Gasteiger partial charge is 0.340 e. The zero-order valence-corrected chi connectivity index (χ0v) is 14.9. The molecule has 1 aromatic carbocycles. The summed E-state index contributed by atoms with van der Waals surface area (Å²) in [4.78, 5) is 46.2. The molecule has 1 N–H and O–H groups in total. The van der Waals surface area contributed by atoms with Crippen molar-refractivity contribution in [3.8, 4) is 6.07 Å². The molecule has 7 heteroatoms. The van der Waals surface area contributed by atoms with Crippen molar-refractivity contribution in [3.05, 3.63) is 30.1 Å². The van der Waals surface area contributed by atoms with Crippen LogP contribution in [-0.4, -0.2) is 39.0 Å². The number of carbonyl (C=O) groups excluding carboxylic acids is 3. The fraction of sp³-hybridized carbons (Fsp3) is 0.450. The van der Waals surface area contributed by atoms with Gasteiger partial charge in [-0.1, -0.05) is 25.0 Å². The minimum atomic E-state index is -1.03. The van der Waals surface area contributed by atoms with Crippen LogP contribution in [-0.2, 0) is 14.4 Å². The van der Waals surface area contributed by atoms with Crippen LogP contribution in [0.4, 0.5) is 0 Å². The van der Waals surface area contributed by atoms with Crippen molar-refractivity contribution in [3.63, 3.8) is 0 Å². The van der Waals surface area contributed by atoms with Crippen LogP contribution in [0, 0.1) is 23.2 Å². The maximum atomic E-state index is 12.6. The Morgan fingerprint density at radius 1 is 1.22 bits per heavy atom. The molecule has 2 aromatic rings. The molecule has 1 aromatic heterocycles. The molecule has 7 nitrogen and oxygen atoms in total. The second-order valence-electron chi connectivity index (χ2n) is 7.24. The number of Topliss-reactive ketones (excluding diaryl/α,β-unsaturated/α-hetero) is 1. The molecule has 27 heavy (non-hydrogen) atoms. The Morgan fingerprint density at radius 2 is 1.89 bits per heavy atom. The smallest absolute Gasteiger partial charge is 0.233 e. The van der Waals surface area contributed by atoms with Crippen molar-refractivity contribution < 1.29 is 14.4 Å². The van der Waals surface area contributed by atoms with Gasteiger partial charge >= 0.3 is 0 Å². The Morgan fingerprint density at radius 3 is 2.52 bits per heavy atom. The predicted molar refractivity (Wildman–Crippen MR) is 96.2 cm³/mol. The minimum absolute atomic E-state index is 0.0355. The highest BCUT2D eigenvalue weighted by molar-refractivity contribution is 6.05. The van der Waals surface area contributed by atoms with E-state index in [0.717, 1.165) is 31.2 Å². The van der Waals surface area contributed by atoms with E-state index in [1.165, 1.54) is 4.90 Å². The van der Waals surface area contributed by atoms with Crippen molar-refractivity contribution in [2.24, 2.45) is 11.8 Å². The summed E-state index contributed by atoms with van der Waals surface area (Å²) in [5, 5.41) is 9.46. The van der Waals surface area contributed by atoms with Crippen LogP contribution < -0.4 is 0 Å². The molecule has 0 bridgehead atoms. The van der Waals surface area contributed by atoms with E-state index in [9.17, 15) is 19.6 Å². The van der Waals surface area contributed by atoms with E-state index in [1.807, 2.05) is 24.3 Å². The number of imide groups is 1. The summed E-state index contributed by atoms with van der Waals surface area (Å²) in [6.45, 7) is 0.0436. The molecule has 1 saturated carbocycles. The number of amides is 2. The molecular weight excluding hydrogens is 344 g/mol. The Hall–Kier alpha value is -3.01. The number of imidazole rings is 1. The topological polar surface area (TPSA) is 107 Å². The van der Waals surface area contributed by atoms with Gasteiger partial charge in [-0.15, -0.1) is 0 Å². The van der Waals surface area contributed by atoms with E-state index in [0.29, 0.717) is 11.3 Å². The van der Waals surface area contributed by atoms with Crippen LogP contribution in [0.5, 0.6) is 0 Å². The quantitative estimate of drug-likeness (QED) is 0.819. The number of aromatic amines is 1. The first-order valence-corrected chi connectivity index (χ1v) is 9.32. The molecule has 3 unspecified atom stereocenters. The number of aromatic nitrogens is 2. The van der Waals surface area contributed by atoms with Gasteiger partial charge in [0.1, 0.15) is 5.82 Å². The molecule has 3 atom stereocenters. The number of benzene rings is 1. The Kier molecular flexibility index (Phi) is 4.48. The highest BCUT2D eigenvalue weighted by Gasteiger charge is 2.48. The van der Waals surface area contributed by atoms with Gasteiger partial charge in [0.05, 0.1) is 28.9 Å². The van der Waals surface area contributed by atoms with Crippen molar-refractivity contribution in [2.45, 2.75) is 38.0 Å². The van der Waals surface area contributed by atoms with Crippen LogP contribution in [0.15, 0.2) is 24.3 Å². The van der Waals surface area contributed by atoms with Crippen LogP contribution in [0.3, 0.4) is 0 Å². The van der Waals surface area contributed by atoms with Crippen molar-refractivity contribution >= 4 is 28.6 Å². The number of rotatable bonds is 5. The summed E-state index contributed by atoms with van der Waals surface area (Å²) < 4.78 is 0. The van der Waals surface area contributed by atoms with Crippen LogP contribution in [0.2, 0.25) is 0 Å². The lowest BCUT2D eigenvalue weighted by atomic mass is 9.81. The Bertz CT molecular complexity index is 901. The fourth-order valence-electron chi connectivity index (χ4n) is 4.21.